The molecule has 2 aliphatic rings. The van der Waals surface area contributed by atoms with Gasteiger partial charge in [-0.05, 0) is 56.2 Å². The van der Waals surface area contributed by atoms with Gasteiger partial charge in [-0.2, -0.15) is 4.31 Å². The molecule has 2 heterocycles. The van der Waals surface area contributed by atoms with Gasteiger partial charge in [0.25, 0.3) is 0 Å². The number of sulfonamides is 1. The van der Waals surface area contributed by atoms with E-state index < -0.39 is 10.0 Å². The molecule has 2 unspecified atom stereocenters. The Balaban J connectivity index is 1.69. The number of carbonyl (C=O) groups excluding carboxylic acids is 1. The third-order valence-corrected chi connectivity index (χ3v) is 8.03. The van der Waals surface area contributed by atoms with Crippen LogP contribution in [0.3, 0.4) is 0 Å². The van der Waals surface area contributed by atoms with Crippen LogP contribution < -0.4 is 10.6 Å². The molecule has 0 aliphatic carbocycles. The zero-order valence-electron chi connectivity index (χ0n) is 16.5. The molecule has 2 atom stereocenters. The zero-order chi connectivity index (χ0) is 19.6. The predicted octanol–water partition coefficient (Wildman–Crippen LogP) is 2.88. The molecule has 0 radical (unpaired) electrons. The van der Waals surface area contributed by atoms with E-state index in [2.05, 4.69) is 10.6 Å². The van der Waals surface area contributed by atoms with Crippen LogP contribution in [-0.4, -0.2) is 43.8 Å². The van der Waals surface area contributed by atoms with Crippen molar-refractivity contribution in [2.24, 2.45) is 5.92 Å². The molecule has 2 fully saturated rings. The molecule has 7 heteroatoms. The summed E-state index contributed by atoms with van der Waals surface area (Å²) < 4.78 is 27.1. The fourth-order valence-corrected chi connectivity index (χ4v) is 6.18. The maximum Gasteiger partial charge on any atom is 0.243 e. The number of amides is 1. The first-order chi connectivity index (χ1) is 12.8. The minimum atomic E-state index is -3.55. The van der Waals surface area contributed by atoms with E-state index in [1.807, 2.05) is 13.8 Å². The molecule has 0 spiro atoms. The van der Waals surface area contributed by atoms with Crippen molar-refractivity contribution in [1.82, 2.24) is 9.62 Å². The van der Waals surface area contributed by atoms with Crippen LogP contribution in [0.25, 0.3) is 0 Å². The van der Waals surface area contributed by atoms with Crippen LogP contribution in [0, 0.1) is 12.8 Å². The van der Waals surface area contributed by atoms with Gasteiger partial charge in [-0.15, -0.1) is 0 Å². The Kier molecular flexibility index (Phi) is 6.23. The van der Waals surface area contributed by atoms with Gasteiger partial charge in [0.2, 0.25) is 15.9 Å². The van der Waals surface area contributed by atoms with Crippen LogP contribution in [0.2, 0.25) is 0 Å². The number of hydrogen-bond donors (Lipinski definition) is 2. The molecule has 3 rings (SSSR count). The average molecular weight is 394 g/mol. The number of aryl methyl sites for hydroxylation is 1. The summed E-state index contributed by atoms with van der Waals surface area (Å²) in [5, 5.41) is 6.50. The summed E-state index contributed by atoms with van der Waals surface area (Å²) >= 11 is 0. The Bertz CT molecular complexity index is 778. The first-order valence-electron chi connectivity index (χ1n) is 10.00. The fraction of sp³-hybridized carbons (Fsp3) is 0.650. The highest BCUT2D eigenvalue weighted by atomic mass is 32.2. The highest BCUT2D eigenvalue weighted by molar-refractivity contribution is 7.89. The molecule has 1 aromatic carbocycles. The van der Waals surface area contributed by atoms with Crippen molar-refractivity contribution in [2.45, 2.75) is 69.9 Å². The molecule has 2 N–H and O–H groups in total. The Morgan fingerprint density at radius 2 is 1.81 bits per heavy atom. The number of rotatable bonds is 7. The molecule has 0 aromatic heterocycles. The van der Waals surface area contributed by atoms with E-state index in [1.165, 1.54) is 17.1 Å². The van der Waals surface area contributed by atoms with Crippen LogP contribution in [0.4, 0.5) is 5.69 Å². The molecule has 6 nitrogen and oxygen atoms in total. The largest absolute Gasteiger partial charge is 0.326 e. The Morgan fingerprint density at radius 1 is 1.19 bits per heavy atom. The van der Waals surface area contributed by atoms with Gasteiger partial charge in [0.05, 0.1) is 4.90 Å². The molecule has 27 heavy (non-hydrogen) atoms. The van der Waals surface area contributed by atoms with E-state index in [0.29, 0.717) is 48.8 Å². The maximum atomic E-state index is 12.9. The minimum absolute atomic E-state index is 0.0312. The van der Waals surface area contributed by atoms with Crippen LogP contribution in [0.15, 0.2) is 23.1 Å². The number of nitrogens with zero attached hydrogens (tertiary/aromatic N) is 1. The summed E-state index contributed by atoms with van der Waals surface area (Å²) in [5.41, 5.74) is 1.24. The second-order valence-corrected chi connectivity index (χ2v) is 9.70. The van der Waals surface area contributed by atoms with Crippen molar-refractivity contribution < 1.29 is 13.2 Å². The number of anilines is 1. The predicted molar refractivity (Wildman–Crippen MR) is 107 cm³/mol. The molecule has 2 aliphatic heterocycles. The van der Waals surface area contributed by atoms with Crippen LogP contribution in [0.5, 0.6) is 0 Å². The van der Waals surface area contributed by atoms with Crippen molar-refractivity contribution in [1.29, 1.82) is 0 Å². The zero-order valence-corrected chi connectivity index (χ0v) is 17.3. The van der Waals surface area contributed by atoms with Gasteiger partial charge in [0, 0.05) is 37.3 Å². The third-order valence-electron chi connectivity index (χ3n) is 5.84. The Labute approximate surface area is 162 Å². The Morgan fingerprint density at radius 3 is 2.41 bits per heavy atom. The molecule has 2 saturated heterocycles. The topological polar surface area (TPSA) is 78.5 Å². The molecule has 1 amide bonds. The van der Waals surface area contributed by atoms with Crippen molar-refractivity contribution in [2.75, 3.05) is 18.4 Å². The number of nitrogens with one attached hydrogen (secondary N) is 2. The molecular weight excluding hydrogens is 362 g/mol. The lowest BCUT2D eigenvalue weighted by Gasteiger charge is -2.28. The van der Waals surface area contributed by atoms with E-state index in [4.69, 9.17) is 0 Å². The second kappa shape index (κ2) is 8.29. The van der Waals surface area contributed by atoms with E-state index in [1.54, 1.807) is 25.1 Å². The van der Waals surface area contributed by atoms with Gasteiger partial charge in [-0.25, -0.2) is 8.42 Å². The minimum Gasteiger partial charge on any atom is -0.326 e. The average Bonchev–Trinajstić information content (AvgIpc) is 2.95. The van der Waals surface area contributed by atoms with Gasteiger partial charge in [0.1, 0.15) is 0 Å². The summed E-state index contributed by atoms with van der Waals surface area (Å²) in [6.07, 6.45) is 5.04. The van der Waals surface area contributed by atoms with Gasteiger partial charge < -0.3 is 10.6 Å². The monoisotopic (exact) mass is 393 g/mol. The third kappa shape index (κ3) is 4.52. The summed E-state index contributed by atoms with van der Waals surface area (Å²) in [4.78, 5) is 12.8. The van der Waals surface area contributed by atoms with Crippen LogP contribution in [0.1, 0.15) is 51.5 Å². The summed E-state index contributed by atoms with van der Waals surface area (Å²) in [6.45, 7) is 6.29. The van der Waals surface area contributed by atoms with Gasteiger partial charge in [0.15, 0.2) is 0 Å². The smallest absolute Gasteiger partial charge is 0.243 e. The highest BCUT2D eigenvalue weighted by Gasteiger charge is 2.34. The van der Waals surface area contributed by atoms with Crippen molar-refractivity contribution >= 4 is 21.6 Å². The number of benzene rings is 1. The lowest BCUT2D eigenvalue weighted by Crippen LogP contribution is -2.39. The first kappa shape index (κ1) is 20.3. The maximum absolute atomic E-state index is 12.9. The highest BCUT2D eigenvalue weighted by Crippen LogP contribution is 2.33. The summed E-state index contributed by atoms with van der Waals surface area (Å²) in [5.74, 6) is 0.379. The molecule has 1 aromatic rings. The molecule has 0 saturated carbocycles. The van der Waals surface area contributed by atoms with Crippen LogP contribution >= 0.6 is 0 Å². The molecular formula is C20H31N3O3S. The fourth-order valence-electron chi connectivity index (χ4n) is 4.47. The van der Waals surface area contributed by atoms with Crippen molar-refractivity contribution in [3.8, 4) is 0 Å². The Hall–Kier alpha value is -1.44. The van der Waals surface area contributed by atoms with Crippen molar-refractivity contribution in [3.63, 3.8) is 0 Å². The van der Waals surface area contributed by atoms with Crippen LogP contribution in [-0.2, 0) is 14.8 Å². The van der Waals surface area contributed by atoms with Gasteiger partial charge in [-0.1, -0.05) is 19.9 Å². The van der Waals surface area contributed by atoms with E-state index >= 15 is 0 Å². The number of hydrogen-bond acceptors (Lipinski definition) is 4. The second-order valence-electron chi connectivity index (χ2n) is 7.80. The SMILES string of the molecule is CCN(CC)S(=O)(=O)c1cc(NC(=O)CC2CC3CCC(C2)N3)ccc1C. The number of piperidine rings is 1. The van der Waals surface area contributed by atoms with Crippen molar-refractivity contribution in [3.05, 3.63) is 23.8 Å². The van der Waals surface area contributed by atoms with E-state index in [9.17, 15) is 13.2 Å². The lowest BCUT2D eigenvalue weighted by atomic mass is 9.89. The van der Waals surface area contributed by atoms with E-state index in [-0.39, 0.29) is 10.8 Å². The molecule has 2 bridgehead atoms. The quantitative estimate of drug-likeness (QED) is 0.747. The molecule has 150 valence electrons. The summed E-state index contributed by atoms with van der Waals surface area (Å²) in [6, 6.07) is 6.25. The first-order valence-corrected chi connectivity index (χ1v) is 11.4. The normalized spacial score (nSPS) is 25.0. The van der Waals surface area contributed by atoms with Gasteiger partial charge in [-0.3, -0.25) is 4.79 Å². The number of fused-ring (bicyclic) bond motifs is 2. The standard InChI is InChI=1S/C20H31N3O3S/c1-4-23(5-2)27(25,26)19-13-18(7-6-14(19)3)22-20(24)12-15-10-16-8-9-17(11-15)21-16/h6-7,13,15-17,21H,4-5,8-12H2,1-3H3,(H,22,24). The van der Waals surface area contributed by atoms with E-state index in [0.717, 1.165) is 12.8 Å². The van der Waals surface area contributed by atoms with Gasteiger partial charge >= 0.3 is 0 Å². The lowest BCUT2D eigenvalue weighted by molar-refractivity contribution is -0.117. The number of carbonyl (C=O) groups is 1. The summed E-state index contributed by atoms with van der Waals surface area (Å²) in [7, 11) is -3.55.